The van der Waals surface area contributed by atoms with E-state index in [1.54, 1.807) is 41.2 Å². The van der Waals surface area contributed by atoms with Crippen molar-refractivity contribution in [1.29, 1.82) is 0 Å². The van der Waals surface area contributed by atoms with Crippen LogP contribution in [0.1, 0.15) is 35.8 Å². The van der Waals surface area contributed by atoms with E-state index in [9.17, 15) is 18.0 Å². The van der Waals surface area contributed by atoms with Crippen molar-refractivity contribution in [2.45, 2.75) is 38.4 Å². The Morgan fingerprint density at radius 2 is 2.00 bits per heavy atom. The van der Waals surface area contributed by atoms with E-state index in [1.165, 1.54) is 0 Å². The predicted molar refractivity (Wildman–Crippen MR) is 93.5 cm³/mol. The van der Waals surface area contributed by atoms with E-state index in [4.69, 9.17) is 0 Å². The Balaban J connectivity index is 1.51. The van der Waals surface area contributed by atoms with Crippen molar-refractivity contribution < 1.29 is 18.0 Å². The number of alkyl halides is 3. The Labute approximate surface area is 158 Å². The van der Waals surface area contributed by atoms with Crippen LogP contribution >= 0.6 is 0 Å². The van der Waals surface area contributed by atoms with Crippen LogP contribution < -0.4 is 0 Å². The first-order valence-electron chi connectivity index (χ1n) is 8.99. The molecule has 148 valence electrons. The molecule has 0 bridgehead atoms. The lowest BCUT2D eigenvalue weighted by Crippen LogP contribution is -2.39. The summed E-state index contributed by atoms with van der Waals surface area (Å²) in [6, 6.07) is 2.63. The van der Waals surface area contributed by atoms with Gasteiger partial charge < -0.3 is 9.47 Å². The number of hydrogen-bond donors (Lipinski definition) is 0. The molecule has 0 saturated carbocycles. The highest BCUT2D eigenvalue weighted by Gasteiger charge is 2.36. The van der Waals surface area contributed by atoms with Gasteiger partial charge in [-0.05, 0) is 25.8 Å². The summed E-state index contributed by atoms with van der Waals surface area (Å²) >= 11 is 0. The molecule has 1 amide bonds. The van der Waals surface area contributed by atoms with Crippen molar-refractivity contribution in [1.82, 2.24) is 29.0 Å². The smallest absolute Gasteiger partial charge is 0.341 e. The maximum Gasteiger partial charge on any atom is 0.433 e. The Kier molecular flexibility index (Phi) is 4.56. The van der Waals surface area contributed by atoms with Gasteiger partial charge in [-0.1, -0.05) is 0 Å². The van der Waals surface area contributed by atoms with Crippen molar-refractivity contribution in [2.24, 2.45) is 0 Å². The highest BCUT2D eigenvalue weighted by molar-refractivity contribution is 5.76. The van der Waals surface area contributed by atoms with Gasteiger partial charge in [-0.25, -0.2) is 14.5 Å². The molecule has 1 aliphatic heterocycles. The van der Waals surface area contributed by atoms with E-state index in [0.29, 0.717) is 37.3 Å². The molecule has 4 heterocycles. The zero-order valence-electron chi connectivity index (χ0n) is 15.2. The minimum absolute atomic E-state index is 0.0257. The van der Waals surface area contributed by atoms with Gasteiger partial charge in [0.1, 0.15) is 12.2 Å². The number of halogens is 3. The van der Waals surface area contributed by atoms with Gasteiger partial charge in [0.05, 0.1) is 12.0 Å². The zero-order chi connectivity index (χ0) is 19.9. The number of aromatic nitrogens is 5. The summed E-state index contributed by atoms with van der Waals surface area (Å²) in [5, 5.41) is 3.91. The Morgan fingerprint density at radius 3 is 2.64 bits per heavy atom. The van der Waals surface area contributed by atoms with Gasteiger partial charge in [0.2, 0.25) is 5.91 Å². The highest BCUT2D eigenvalue weighted by atomic mass is 19.4. The van der Waals surface area contributed by atoms with Crippen molar-refractivity contribution >= 4 is 11.6 Å². The van der Waals surface area contributed by atoms with E-state index in [2.05, 4.69) is 15.1 Å². The van der Waals surface area contributed by atoms with Crippen LogP contribution in [-0.2, 0) is 17.5 Å². The number of carbonyl (C=O) groups is 1. The molecule has 7 nitrogen and oxygen atoms in total. The average molecular weight is 392 g/mol. The number of carbonyl (C=O) groups excluding carboxylic acids is 1. The minimum atomic E-state index is -4.52. The molecule has 10 heteroatoms. The largest absolute Gasteiger partial charge is 0.433 e. The summed E-state index contributed by atoms with van der Waals surface area (Å²) in [5.74, 6) is -0.152. The Morgan fingerprint density at radius 1 is 1.25 bits per heavy atom. The van der Waals surface area contributed by atoms with Crippen LogP contribution in [0.2, 0.25) is 0 Å². The van der Waals surface area contributed by atoms with Crippen molar-refractivity contribution in [3.05, 3.63) is 47.9 Å². The standard InChI is InChI=1S/C18H19F3N6O/c1-12-8-16-23-14(9-15(18(19,20)21)27(16)24-12)13-2-5-26(6-3-13)17(28)10-25-7-4-22-11-25/h4,7-9,11,13H,2-3,5-6,10H2,1H3. The second kappa shape index (κ2) is 6.92. The second-order valence-corrected chi connectivity index (χ2v) is 7.01. The molecule has 1 aliphatic rings. The molecular formula is C18H19F3N6O. The number of hydrogen-bond acceptors (Lipinski definition) is 4. The fourth-order valence-electron chi connectivity index (χ4n) is 3.58. The number of amides is 1. The van der Waals surface area contributed by atoms with Crippen LogP contribution in [-0.4, -0.2) is 48.0 Å². The van der Waals surface area contributed by atoms with Crippen LogP contribution in [0.4, 0.5) is 13.2 Å². The van der Waals surface area contributed by atoms with Crippen LogP contribution in [0.15, 0.2) is 30.9 Å². The molecular weight excluding hydrogens is 373 g/mol. The Bertz CT molecular complexity index is 987. The predicted octanol–water partition coefficient (Wildman–Crippen LogP) is 2.66. The number of piperidine rings is 1. The lowest BCUT2D eigenvalue weighted by Gasteiger charge is -2.32. The van der Waals surface area contributed by atoms with Crippen LogP contribution in [0.5, 0.6) is 0 Å². The number of aryl methyl sites for hydroxylation is 1. The second-order valence-electron chi connectivity index (χ2n) is 7.01. The first kappa shape index (κ1) is 18.5. The molecule has 28 heavy (non-hydrogen) atoms. The number of rotatable bonds is 3. The highest BCUT2D eigenvalue weighted by Crippen LogP contribution is 2.34. The third kappa shape index (κ3) is 3.58. The quantitative estimate of drug-likeness (QED) is 0.687. The lowest BCUT2D eigenvalue weighted by molar-refractivity contribution is -0.142. The molecule has 0 aromatic carbocycles. The van der Waals surface area contributed by atoms with Crippen molar-refractivity contribution in [3.8, 4) is 0 Å². The molecule has 0 N–H and O–H groups in total. The minimum Gasteiger partial charge on any atom is -0.341 e. The molecule has 0 aliphatic carbocycles. The van der Waals surface area contributed by atoms with Crippen LogP contribution in [0.25, 0.3) is 5.65 Å². The average Bonchev–Trinajstić information content (AvgIpc) is 3.28. The van der Waals surface area contributed by atoms with Gasteiger partial charge in [-0.15, -0.1) is 0 Å². The summed E-state index contributed by atoms with van der Waals surface area (Å²) in [4.78, 5) is 22.4. The van der Waals surface area contributed by atoms with E-state index >= 15 is 0 Å². The number of nitrogens with zero attached hydrogens (tertiary/aromatic N) is 6. The third-order valence-corrected chi connectivity index (χ3v) is 5.00. The van der Waals surface area contributed by atoms with Gasteiger partial charge in [0.25, 0.3) is 0 Å². The van der Waals surface area contributed by atoms with E-state index in [0.717, 1.165) is 10.6 Å². The lowest BCUT2D eigenvalue weighted by atomic mass is 9.92. The molecule has 3 aromatic heterocycles. The molecule has 0 spiro atoms. The molecule has 0 unspecified atom stereocenters. The van der Waals surface area contributed by atoms with Gasteiger partial charge in [-0.2, -0.15) is 18.3 Å². The summed E-state index contributed by atoms with van der Waals surface area (Å²) in [6.07, 6.45) is 1.53. The van der Waals surface area contributed by atoms with E-state index < -0.39 is 11.9 Å². The molecule has 1 saturated heterocycles. The topological polar surface area (TPSA) is 68.3 Å². The normalized spacial score (nSPS) is 16.1. The zero-order valence-corrected chi connectivity index (χ0v) is 15.2. The number of likely N-dealkylation sites (tertiary alicyclic amines) is 1. The first-order chi connectivity index (χ1) is 13.3. The van der Waals surface area contributed by atoms with Gasteiger partial charge >= 0.3 is 6.18 Å². The first-order valence-corrected chi connectivity index (χ1v) is 8.99. The van der Waals surface area contributed by atoms with Gasteiger partial charge in [0, 0.05) is 43.2 Å². The Hall–Kier alpha value is -2.91. The molecule has 1 fully saturated rings. The monoisotopic (exact) mass is 392 g/mol. The maximum absolute atomic E-state index is 13.5. The van der Waals surface area contributed by atoms with Gasteiger partial charge in [0.15, 0.2) is 5.65 Å². The fourth-order valence-corrected chi connectivity index (χ4v) is 3.58. The van der Waals surface area contributed by atoms with Crippen LogP contribution in [0, 0.1) is 6.92 Å². The molecule has 0 radical (unpaired) electrons. The molecule has 0 atom stereocenters. The van der Waals surface area contributed by atoms with Crippen LogP contribution in [0.3, 0.4) is 0 Å². The summed E-state index contributed by atoms with van der Waals surface area (Å²) < 4.78 is 43.0. The van der Waals surface area contributed by atoms with E-state index in [-0.39, 0.29) is 24.0 Å². The number of fused-ring (bicyclic) bond motifs is 1. The SMILES string of the molecule is Cc1cc2nc(C3CCN(C(=O)Cn4ccnc4)CC3)cc(C(F)(F)F)n2n1. The molecule has 3 aromatic rings. The maximum atomic E-state index is 13.5. The van der Waals surface area contributed by atoms with Crippen molar-refractivity contribution in [2.75, 3.05) is 13.1 Å². The fraction of sp³-hybridized carbons (Fsp3) is 0.444. The summed E-state index contributed by atoms with van der Waals surface area (Å²) in [7, 11) is 0. The summed E-state index contributed by atoms with van der Waals surface area (Å²) in [6.45, 7) is 2.83. The summed E-state index contributed by atoms with van der Waals surface area (Å²) in [5.41, 5.74) is 0.261. The van der Waals surface area contributed by atoms with Crippen molar-refractivity contribution in [3.63, 3.8) is 0 Å². The van der Waals surface area contributed by atoms with E-state index in [1.807, 2.05) is 0 Å². The third-order valence-electron chi connectivity index (χ3n) is 5.00. The molecule has 4 rings (SSSR count). The number of imidazole rings is 1. The van der Waals surface area contributed by atoms with Gasteiger partial charge in [-0.3, -0.25) is 4.79 Å².